The van der Waals surface area contributed by atoms with Crippen LogP contribution in [0.2, 0.25) is 0 Å². The van der Waals surface area contributed by atoms with E-state index in [9.17, 15) is 4.79 Å². The molecule has 2 N–H and O–H groups in total. The molecule has 2 saturated heterocycles. The normalized spacial score (nSPS) is 30.9. The molecule has 0 aromatic heterocycles. The van der Waals surface area contributed by atoms with Crippen LogP contribution >= 0.6 is 0 Å². The van der Waals surface area contributed by atoms with Crippen molar-refractivity contribution in [3.8, 4) is 12.3 Å². The van der Waals surface area contributed by atoms with E-state index < -0.39 is 0 Å². The van der Waals surface area contributed by atoms with Gasteiger partial charge in [-0.3, -0.25) is 4.79 Å². The lowest BCUT2D eigenvalue weighted by molar-refractivity contribution is -0.122. The quantitative estimate of drug-likeness (QED) is 0.558. The van der Waals surface area contributed by atoms with Crippen LogP contribution in [-0.2, 0) is 4.79 Å². The molecule has 3 nitrogen and oxygen atoms in total. The van der Waals surface area contributed by atoms with Crippen molar-refractivity contribution >= 4 is 5.91 Å². The summed E-state index contributed by atoms with van der Waals surface area (Å²) in [5.41, 5.74) is 0. The van der Waals surface area contributed by atoms with E-state index >= 15 is 0 Å². The van der Waals surface area contributed by atoms with E-state index in [1.54, 1.807) is 0 Å². The molecule has 2 atom stereocenters. The molecule has 2 aliphatic rings. The highest BCUT2D eigenvalue weighted by atomic mass is 16.1. The average Bonchev–Trinajstić information content (AvgIpc) is 2.64. The first kappa shape index (κ1) is 12.4. The second kappa shape index (κ2) is 6.07. The zero-order valence-electron chi connectivity index (χ0n) is 10.4. The number of hydrogen-bond acceptors (Lipinski definition) is 2. The van der Waals surface area contributed by atoms with E-state index in [0.717, 1.165) is 19.4 Å². The molecule has 2 heterocycles. The van der Waals surface area contributed by atoms with Crippen LogP contribution in [0, 0.1) is 18.3 Å². The summed E-state index contributed by atoms with van der Waals surface area (Å²) in [6.07, 6.45) is 12.4. The molecule has 2 rings (SSSR count). The third-order valence-corrected chi connectivity index (χ3v) is 3.86. The molecule has 0 radical (unpaired) electrons. The number of carbonyl (C=O) groups excluding carboxylic acids is 1. The number of amides is 1. The van der Waals surface area contributed by atoms with Crippen molar-refractivity contribution in [2.45, 2.75) is 57.0 Å². The number of rotatable bonds is 5. The predicted octanol–water partition coefficient (Wildman–Crippen LogP) is 1.44. The van der Waals surface area contributed by atoms with Crippen molar-refractivity contribution in [1.29, 1.82) is 0 Å². The van der Waals surface area contributed by atoms with E-state index in [4.69, 9.17) is 6.42 Å². The molecule has 0 aromatic carbocycles. The van der Waals surface area contributed by atoms with E-state index in [1.165, 1.54) is 25.7 Å². The molecule has 1 amide bonds. The van der Waals surface area contributed by atoms with Gasteiger partial charge in [0.15, 0.2) is 0 Å². The molecule has 94 valence electrons. The van der Waals surface area contributed by atoms with E-state index in [0.29, 0.717) is 24.4 Å². The van der Waals surface area contributed by atoms with Crippen LogP contribution in [0.1, 0.15) is 44.9 Å². The molecular formula is C14H22N2O. The Morgan fingerprint density at radius 2 is 2.06 bits per heavy atom. The lowest BCUT2D eigenvalue weighted by Gasteiger charge is -2.28. The minimum Gasteiger partial charge on any atom is -0.356 e. The monoisotopic (exact) mass is 234 g/mol. The lowest BCUT2D eigenvalue weighted by atomic mass is 9.89. The predicted molar refractivity (Wildman–Crippen MR) is 68.4 cm³/mol. The Morgan fingerprint density at radius 1 is 1.35 bits per heavy atom. The molecule has 2 fully saturated rings. The van der Waals surface area contributed by atoms with E-state index in [2.05, 4.69) is 16.6 Å². The summed E-state index contributed by atoms with van der Waals surface area (Å²) in [6, 6.07) is 1.35. The van der Waals surface area contributed by atoms with Gasteiger partial charge in [-0.05, 0) is 38.0 Å². The SMILES string of the molecule is C#CCCCNC(=O)CC1CC2CCC(C1)N2. The van der Waals surface area contributed by atoms with Gasteiger partial charge in [0.1, 0.15) is 0 Å². The van der Waals surface area contributed by atoms with Crippen LogP contribution in [0.15, 0.2) is 0 Å². The van der Waals surface area contributed by atoms with Gasteiger partial charge in [0, 0.05) is 31.5 Å². The van der Waals surface area contributed by atoms with Crippen LogP contribution in [0.25, 0.3) is 0 Å². The first-order valence-corrected chi connectivity index (χ1v) is 6.74. The molecule has 2 aliphatic heterocycles. The molecular weight excluding hydrogens is 212 g/mol. The summed E-state index contributed by atoms with van der Waals surface area (Å²) in [6.45, 7) is 0.723. The van der Waals surface area contributed by atoms with Crippen LogP contribution in [0.5, 0.6) is 0 Å². The van der Waals surface area contributed by atoms with Gasteiger partial charge in [0.25, 0.3) is 0 Å². The van der Waals surface area contributed by atoms with Crippen molar-refractivity contribution in [3.05, 3.63) is 0 Å². The highest BCUT2D eigenvalue weighted by molar-refractivity contribution is 5.76. The Morgan fingerprint density at radius 3 is 2.71 bits per heavy atom. The van der Waals surface area contributed by atoms with Gasteiger partial charge in [-0.15, -0.1) is 12.3 Å². The number of unbranched alkanes of at least 4 members (excludes halogenated alkanes) is 1. The molecule has 0 spiro atoms. The van der Waals surface area contributed by atoms with Gasteiger partial charge < -0.3 is 10.6 Å². The third kappa shape index (κ3) is 3.74. The maximum atomic E-state index is 11.7. The van der Waals surface area contributed by atoms with Crippen LogP contribution in [0.4, 0.5) is 0 Å². The maximum Gasteiger partial charge on any atom is 0.220 e. The summed E-state index contributed by atoms with van der Waals surface area (Å²) < 4.78 is 0. The zero-order valence-corrected chi connectivity index (χ0v) is 10.4. The summed E-state index contributed by atoms with van der Waals surface area (Å²) in [7, 11) is 0. The molecule has 3 heteroatoms. The Bertz CT molecular complexity index is 296. The van der Waals surface area contributed by atoms with E-state index in [-0.39, 0.29) is 5.91 Å². The Balaban J connectivity index is 1.63. The van der Waals surface area contributed by atoms with Gasteiger partial charge in [0.2, 0.25) is 5.91 Å². The average molecular weight is 234 g/mol. The van der Waals surface area contributed by atoms with Crippen molar-refractivity contribution in [2.75, 3.05) is 6.54 Å². The topological polar surface area (TPSA) is 41.1 Å². The fraction of sp³-hybridized carbons (Fsp3) is 0.786. The van der Waals surface area contributed by atoms with Gasteiger partial charge in [-0.1, -0.05) is 0 Å². The molecule has 2 unspecified atom stereocenters. The molecule has 0 aliphatic carbocycles. The van der Waals surface area contributed by atoms with Gasteiger partial charge >= 0.3 is 0 Å². The molecule has 0 saturated carbocycles. The lowest BCUT2D eigenvalue weighted by Crippen LogP contribution is -2.39. The first-order valence-electron chi connectivity index (χ1n) is 6.74. The van der Waals surface area contributed by atoms with Gasteiger partial charge in [-0.2, -0.15) is 0 Å². The summed E-state index contributed by atoms with van der Waals surface area (Å²) in [5, 5.41) is 6.56. The van der Waals surface area contributed by atoms with Crippen LogP contribution in [0.3, 0.4) is 0 Å². The fourth-order valence-electron chi connectivity index (χ4n) is 3.09. The highest BCUT2D eigenvalue weighted by Gasteiger charge is 2.33. The number of piperidine rings is 1. The Labute approximate surface area is 104 Å². The Hall–Kier alpha value is -1.01. The molecule has 0 aromatic rings. The van der Waals surface area contributed by atoms with Crippen LogP contribution in [-0.4, -0.2) is 24.5 Å². The summed E-state index contributed by atoms with van der Waals surface area (Å²) in [4.78, 5) is 11.7. The number of fused-ring (bicyclic) bond motifs is 2. The minimum atomic E-state index is 0.202. The molecule has 2 bridgehead atoms. The van der Waals surface area contributed by atoms with E-state index in [1.807, 2.05) is 0 Å². The van der Waals surface area contributed by atoms with Gasteiger partial charge in [-0.25, -0.2) is 0 Å². The van der Waals surface area contributed by atoms with Gasteiger partial charge in [0.05, 0.1) is 0 Å². The number of hydrogen-bond donors (Lipinski definition) is 2. The smallest absolute Gasteiger partial charge is 0.220 e. The number of nitrogens with one attached hydrogen (secondary N) is 2. The fourth-order valence-corrected chi connectivity index (χ4v) is 3.09. The first-order chi connectivity index (χ1) is 8.28. The van der Waals surface area contributed by atoms with Crippen molar-refractivity contribution < 1.29 is 4.79 Å². The standard InChI is InChI=1S/C14H22N2O/c1-2-3-4-7-15-14(17)10-11-8-12-5-6-13(9-11)16-12/h1,11-13,16H,3-10H2,(H,15,17). The zero-order chi connectivity index (χ0) is 12.1. The largest absolute Gasteiger partial charge is 0.356 e. The second-order valence-electron chi connectivity index (χ2n) is 5.34. The maximum absolute atomic E-state index is 11.7. The molecule has 17 heavy (non-hydrogen) atoms. The van der Waals surface area contributed by atoms with Crippen molar-refractivity contribution in [1.82, 2.24) is 10.6 Å². The number of carbonyl (C=O) groups is 1. The highest BCUT2D eigenvalue weighted by Crippen LogP contribution is 2.32. The summed E-state index contributed by atoms with van der Waals surface area (Å²) in [5.74, 6) is 3.37. The van der Waals surface area contributed by atoms with Crippen molar-refractivity contribution in [2.24, 2.45) is 5.92 Å². The van der Waals surface area contributed by atoms with Crippen LogP contribution < -0.4 is 10.6 Å². The third-order valence-electron chi connectivity index (χ3n) is 3.86. The Kier molecular flexibility index (Phi) is 4.44. The van der Waals surface area contributed by atoms with Crippen molar-refractivity contribution in [3.63, 3.8) is 0 Å². The minimum absolute atomic E-state index is 0.202. The summed E-state index contributed by atoms with van der Waals surface area (Å²) >= 11 is 0. The second-order valence-corrected chi connectivity index (χ2v) is 5.34. The number of terminal acetylenes is 1.